The second-order valence-electron chi connectivity index (χ2n) is 6.44. The van der Waals surface area contributed by atoms with Crippen molar-refractivity contribution in [1.29, 1.82) is 0 Å². The number of amides is 1. The number of anilines is 1. The van der Waals surface area contributed by atoms with E-state index in [1.165, 1.54) is 11.3 Å². The highest BCUT2D eigenvalue weighted by atomic mass is 32.1. The first-order chi connectivity index (χ1) is 11.5. The van der Waals surface area contributed by atoms with Gasteiger partial charge < -0.3 is 20.1 Å². The monoisotopic (exact) mass is 349 g/mol. The molecule has 2 aromatic heterocycles. The molecule has 1 aliphatic rings. The number of primary amides is 1. The minimum absolute atomic E-state index is 0.313. The summed E-state index contributed by atoms with van der Waals surface area (Å²) >= 11 is 1.46. The number of piperidine rings is 1. The first kappa shape index (κ1) is 16.8. The van der Waals surface area contributed by atoms with E-state index in [1.54, 1.807) is 5.38 Å². The maximum absolute atomic E-state index is 11.2. The van der Waals surface area contributed by atoms with Crippen molar-refractivity contribution in [1.82, 2.24) is 24.6 Å². The number of hydrogen-bond acceptors (Lipinski definition) is 7. The normalized spacial score (nSPS) is 18.3. The van der Waals surface area contributed by atoms with Gasteiger partial charge in [0.1, 0.15) is 17.3 Å². The first-order valence-electron chi connectivity index (χ1n) is 7.99. The zero-order chi connectivity index (χ0) is 17.3. The van der Waals surface area contributed by atoms with Crippen molar-refractivity contribution >= 4 is 22.4 Å². The average molecular weight is 349 g/mol. The van der Waals surface area contributed by atoms with Gasteiger partial charge in [-0.25, -0.2) is 4.98 Å². The average Bonchev–Trinajstić information content (AvgIpc) is 3.15. The lowest BCUT2D eigenvalue weighted by Gasteiger charge is -2.32. The minimum atomic E-state index is -0.479. The van der Waals surface area contributed by atoms with Crippen LogP contribution in [0.1, 0.15) is 40.9 Å². The summed E-state index contributed by atoms with van der Waals surface area (Å²) in [5, 5.41) is 11.3. The van der Waals surface area contributed by atoms with Crippen LogP contribution >= 0.6 is 11.3 Å². The van der Waals surface area contributed by atoms with Crippen LogP contribution in [0.25, 0.3) is 0 Å². The molecular formula is C15H23N7OS. The molecule has 0 bridgehead atoms. The summed E-state index contributed by atoms with van der Waals surface area (Å²) < 4.78 is 2.10. The molecule has 0 aromatic carbocycles. The molecule has 0 radical (unpaired) electrons. The summed E-state index contributed by atoms with van der Waals surface area (Å²) in [5.41, 5.74) is 5.64. The van der Waals surface area contributed by atoms with Crippen LogP contribution < -0.4 is 10.6 Å². The van der Waals surface area contributed by atoms with Gasteiger partial charge in [0.05, 0.1) is 6.54 Å². The molecule has 0 spiro atoms. The topological polar surface area (TPSA) is 93.2 Å². The number of aromatic nitrogens is 4. The summed E-state index contributed by atoms with van der Waals surface area (Å²) in [4.78, 5) is 19.9. The van der Waals surface area contributed by atoms with Crippen molar-refractivity contribution in [3.05, 3.63) is 22.7 Å². The lowest BCUT2D eigenvalue weighted by atomic mass is 9.97. The van der Waals surface area contributed by atoms with Crippen LogP contribution in [0.4, 0.5) is 5.13 Å². The highest BCUT2D eigenvalue weighted by Crippen LogP contribution is 2.30. The van der Waals surface area contributed by atoms with Crippen LogP contribution in [-0.2, 0) is 13.6 Å². The van der Waals surface area contributed by atoms with Gasteiger partial charge in [0.2, 0.25) is 0 Å². The van der Waals surface area contributed by atoms with Crippen LogP contribution in [0.2, 0.25) is 0 Å². The number of hydrogen-bond donors (Lipinski definition) is 1. The van der Waals surface area contributed by atoms with E-state index in [0.717, 1.165) is 49.3 Å². The molecular weight excluding hydrogens is 326 g/mol. The van der Waals surface area contributed by atoms with E-state index in [-0.39, 0.29) is 0 Å². The van der Waals surface area contributed by atoms with Crippen LogP contribution in [0, 0.1) is 0 Å². The molecule has 2 N–H and O–H groups in total. The SMILES string of the molecule is CN(C)Cc1nnc([C@@H]2CCCN(c3nc(C(N)=O)cs3)C2)n1C. The fourth-order valence-corrected chi connectivity index (χ4v) is 3.89. The molecule has 0 aliphatic carbocycles. The first-order valence-corrected chi connectivity index (χ1v) is 8.87. The van der Waals surface area contributed by atoms with Crippen LogP contribution in [0.3, 0.4) is 0 Å². The molecule has 130 valence electrons. The molecule has 1 atom stereocenters. The molecule has 1 amide bonds. The van der Waals surface area contributed by atoms with E-state index in [1.807, 2.05) is 21.1 Å². The summed E-state index contributed by atoms with van der Waals surface area (Å²) in [7, 11) is 6.08. The van der Waals surface area contributed by atoms with Gasteiger partial charge in [0.25, 0.3) is 5.91 Å². The fourth-order valence-electron chi connectivity index (χ4n) is 3.04. The lowest BCUT2D eigenvalue weighted by Crippen LogP contribution is -2.35. The zero-order valence-electron chi connectivity index (χ0n) is 14.3. The molecule has 9 heteroatoms. The van der Waals surface area contributed by atoms with E-state index in [9.17, 15) is 4.79 Å². The Bertz CT molecular complexity index is 723. The van der Waals surface area contributed by atoms with Gasteiger partial charge in [-0.2, -0.15) is 0 Å². The Labute approximate surface area is 145 Å². The predicted octanol–water partition coefficient (Wildman–Crippen LogP) is 0.816. The van der Waals surface area contributed by atoms with Gasteiger partial charge >= 0.3 is 0 Å². The third kappa shape index (κ3) is 3.41. The Morgan fingerprint density at radius 1 is 1.46 bits per heavy atom. The van der Waals surface area contributed by atoms with Crippen molar-refractivity contribution in [2.75, 3.05) is 32.1 Å². The summed E-state index contributed by atoms with van der Waals surface area (Å²) in [6.07, 6.45) is 2.14. The number of carbonyl (C=O) groups is 1. The molecule has 1 saturated heterocycles. The van der Waals surface area contributed by atoms with Gasteiger partial charge in [0, 0.05) is 31.4 Å². The molecule has 1 aliphatic heterocycles. The van der Waals surface area contributed by atoms with Crippen LogP contribution in [-0.4, -0.2) is 57.7 Å². The Hall–Kier alpha value is -2.00. The number of nitrogens with zero attached hydrogens (tertiary/aromatic N) is 6. The summed E-state index contributed by atoms with van der Waals surface area (Å²) in [6, 6.07) is 0. The summed E-state index contributed by atoms with van der Waals surface area (Å²) in [6.45, 7) is 2.54. The fraction of sp³-hybridized carbons (Fsp3) is 0.600. The van der Waals surface area contributed by atoms with Gasteiger partial charge in [-0.05, 0) is 26.9 Å². The smallest absolute Gasteiger partial charge is 0.268 e. The number of carbonyl (C=O) groups excluding carboxylic acids is 1. The van der Waals surface area contributed by atoms with E-state index in [0.29, 0.717) is 11.6 Å². The van der Waals surface area contributed by atoms with E-state index in [4.69, 9.17) is 5.73 Å². The van der Waals surface area contributed by atoms with E-state index in [2.05, 4.69) is 29.5 Å². The second kappa shape index (κ2) is 6.86. The number of thiazole rings is 1. The van der Waals surface area contributed by atoms with Crippen molar-refractivity contribution in [3.63, 3.8) is 0 Å². The maximum atomic E-state index is 11.2. The molecule has 0 saturated carbocycles. The van der Waals surface area contributed by atoms with Crippen molar-refractivity contribution in [2.45, 2.75) is 25.3 Å². The van der Waals surface area contributed by atoms with E-state index < -0.39 is 5.91 Å². The van der Waals surface area contributed by atoms with Gasteiger partial charge in [-0.1, -0.05) is 0 Å². The van der Waals surface area contributed by atoms with Gasteiger partial charge in [-0.15, -0.1) is 21.5 Å². The Balaban J connectivity index is 1.75. The molecule has 3 heterocycles. The van der Waals surface area contributed by atoms with E-state index >= 15 is 0 Å². The third-order valence-electron chi connectivity index (χ3n) is 4.26. The minimum Gasteiger partial charge on any atom is -0.364 e. The van der Waals surface area contributed by atoms with Crippen molar-refractivity contribution in [3.8, 4) is 0 Å². The van der Waals surface area contributed by atoms with Gasteiger partial charge in [-0.3, -0.25) is 4.79 Å². The third-order valence-corrected chi connectivity index (χ3v) is 5.16. The zero-order valence-corrected chi connectivity index (χ0v) is 15.1. The molecule has 1 fully saturated rings. The highest BCUT2D eigenvalue weighted by molar-refractivity contribution is 7.13. The largest absolute Gasteiger partial charge is 0.364 e. The second-order valence-corrected chi connectivity index (χ2v) is 7.27. The van der Waals surface area contributed by atoms with Crippen molar-refractivity contribution in [2.24, 2.45) is 12.8 Å². The molecule has 24 heavy (non-hydrogen) atoms. The van der Waals surface area contributed by atoms with Crippen LogP contribution in [0.5, 0.6) is 0 Å². The molecule has 2 aromatic rings. The Kier molecular flexibility index (Phi) is 4.81. The standard InChI is InChI=1S/C15H23N7OS/c1-20(2)8-12-18-19-14(21(12)3)10-5-4-6-22(7-10)15-17-11(9-24-15)13(16)23/h9-10H,4-8H2,1-3H3,(H2,16,23)/t10-/m1/s1. The molecule has 3 rings (SSSR count). The van der Waals surface area contributed by atoms with Crippen molar-refractivity contribution < 1.29 is 4.79 Å². The van der Waals surface area contributed by atoms with Crippen LogP contribution in [0.15, 0.2) is 5.38 Å². The quantitative estimate of drug-likeness (QED) is 0.859. The van der Waals surface area contributed by atoms with Gasteiger partial charge in [0.15, 0.2) is 5.13 Å². The Morgan fingerprint density at radius 2 is 2.25 bits per heavy atom. The highest BCUT2D eigenvalue weighted by Gasteiger charge is 2.27. The number of nitrogens with two attached hydrogens (primary N) is 1. The Morgan fingerprint density at radius 3 is 2.92 bits per heavy atom. The number of rotatable bonds is 5. The lowest BCUT2D eigenvalue weighted by molar-refractivity contribution is 0.0996. The predicted molar refractivity (Wildman–Crippen MR) is 93.2 cm³/mol. The summed E-state index contributed by atoms with van der Waals surface area (Å²) in [5.74, 6) is 1.82. The maximum Gasteiger partial charge on any atom is 0.268 e. The molecule has 8 nitrogen and oxygen atoms in total. The molecule has 0 unspecified atom stereocenters.